The van der Waals surface area contributed by atoms with E-state index >= 15 is 0 Å². The smallest absolute Gasteiger partial charge is 0.409 e. The Morgan fingerprint density at radius 3 is 2.00 bits per heavy atom. The van der Waals surface area contributed by atoms with Crippen molar-refractivity contribution in [2.24, 2.45) is 0 Å². The lowest BCUT2D eigenvalue weighted by Crippen LogP contribution is -2.02. The Morgan fingerprint density at radius 2 is 1.48 bits per heavy atom. The maximum atomic E-state index is 12.0. The topological polar surface area (TPSA) is 9.23 Å². The molecule has 4 heteroatoms. The molecule has 0 aliphatic heterocycles. The molecule has 0 saturated heterocycles. The molecule has 0 fully saturated rings. The fraction of sp³-hybridized carbons (Fsp3) is 0.238. The minimum atomic E-state index is -4.31. The van der Waals surface area contributed by atoms with Crippen molar-refractivity contribution in [1.29, 1.82) is 0 Å². The molecule has 25 heavy (non-hydrogen) atoms. The molecule has 0 aliphatic rings. The molecule has 0 saturated carbocycles. The zero-order valence-corrected chi connectivity index (χ0v) is 13.9. The van der Waals surface area contributed by atoms with Crippen LogP contribution in [-0.4, -0.2) is 12.8 Å². The molecule has 2 aromatic carbocycles. The van der Waals surface area contributed by atoms with Crippen molar-refractivity contribution < 1.29 is 17.9 Å². The van der Waals surface area contributed by atoms with Crippen LogP contribution in [-0.2, 0) is 6.42 Å². The number of allylic oxidation sites excluding steroid dienone is 1. The highest BCUT2D eigenvalue weighted by Gasteiger charge is 2.21. The number of aryl methyl sites for hydroxylation is 1. The third-order valence-electron chi connectivity index (χ3n) is 3.35. The maximum absolute atomic E-state index is 12.0. The van der Waals surface area contributed by atoms with Gasteiger partial charge in [0, 0.05) is 17.2 Å². The molecule has 2 rings (SSSR count). The molecule has 0 unspecified atom stereocenters. The quantitative estimate of drug-likeness (QED) is 0.511. The van der Waals surface area contributed by atoms with Crippen LogP contribution in [0.4, 0.5) is 13.2 Å². The molecule has 0 amide bonds. The number of rotatable bonds is 5. The van der Waals surface area contributed by atoms with Crippen LogP contribution in [0.15, 0.2) is 60.7 Å². The van der Waals surface area contributed by atoms with E-state index < -0.39 is 6.18 Å². The summed E-state index contributed by atoms with van der Waals surface area (Å²) in [6, 6.07) is 15.1. The van der Waals surface area contributed by atoms with Crippen LogP contribution in [0, 0.1) is 11.8 Å². The van der Waals surface area contributed by atoms with Crippen molar-refractivity contribution in [1.82, 2.24) is 0 Å². The molecule has 0 atom stereocenters. The Bertz CT molecular complexity index is 745. The summed E-state index contributed by atoms with van der Waals surface area (Å²) in [6.45, 7) is 2.02. The minimum absolute atomic E-state index is 0.130. The Morgan fingerprint density at radius 1 is 0.920 bits per heavy atom. The zero-order chi connectivity index (χ0) is 18.1. The molecule has 1 nitrogen and oxygen atoms in total. The Labute approximate surface area is 146 Å². The molecule has 130 valence electrons. The molecular formula is C21H19F3O. The van der Waals surface area contributed by atoms with Crippen LogP contribution in [0.1, 0.15) is 30.0 Å². The van der Waals surface area contributed by atoms with Gasteiger partial charge in [-0.1, -0.05) is 37.3 Å². The van der Waals surface area contributed by atoms with Gasteiger partial charge in [0.2, 0.25) is 0 Å². The van der Waals surface area contributed by atoms with Gasteiger partial charge in [0.15, 0.2) is 0 Å². The summed E-state index contributed by atoms with van der Waals surface area (Å²) < 4.78 is 41.1. The van der Waals surface area contributed by atoms with Gasteiger partial charge in [-0.3, -0.25) is 0 Å². The van der Waals surface area contributed by atoms with E-state index in [0.717, 1.165) is 30.0 Å². The van der Waals surface area contributed by atoms with Gasteiger partial charge in [-0.15, -0.1) is 0 Å². The number of ether oxygens (including phenoxy) is 1. The lowest BCUT2D eigenvalue weighted by atomic mass is 10.1. The Balaban J connectivity index is 1.91. The normalized spacial score (nSPS) is 11.2. The van der Waals surface area contributed by atoms with Crippen molar-refractivity contribution in [3.63, 3.8) is 0 Å². The number of halogens is 3. The molecule has 0 N–H and O–H groups in total. The molecular weight excluding hydrogens is 325 g/mol. The van der Waals surface area contributed by atoms with Gasteiger partial charge < -0.3 is 4.74 Å². The second kappa shape index (κ2) is 8.98. The predicted molar refractivity (Wildman–Crippen MR) is 93.5 cm³/mol. The molecule has 0 aliphatic carbocycles. The first-order valence-corrected chi connectivity index (χ1v) is 8.04. The average molecular weight is 344 g/mol. The van der Waals surface area contributed by atoms with Crippen LogP contribution in [0.3, 0.4) is 0 Å². The van der Waals surface area contributed by atoms with Crippen LogP contribution in [0.25, 0.3) is 0 Å². The fourth-order valence-electron chi connectivity index (χ4n) is 2.15. The summed E-state index contributed by atoms with van der Waals surface area (Å²) in [5.41, 5.74) is 3.06. The molecule has 0 radical (unpaired) electrons. The van der Waals surface area contributed by atoms with Gasteiger partial charge in [0.1, 0.15) is 12.4 Å². The summed E-state index contributed by atoms with van der Waals surface area (Å²) in [7, 11) is 0. The van der Waals surface area contributed by atoms with Crippen molar-refractivity contribution in [3.8, 4) is 17.6 Å². The number of hydrogen-bond donors (Lipinski definition) is 0. The molecule has 0 aromatic heterocycles. The van der Waals surface area contributed by atoms with E-state index in [9.17, 15) is 13.2 Å². The van der Waals surface area contributed by atoms with Crippen LogP contribution in [0.2, 0.25) is 0 Å². The van der Waals surface area contributed by atoms with E-state index in [0.29, 0.717) is 5.75 Å². The van der Waals surface area contributed by atoms with Gasteiger partial charge in [0.05, 0.1) is 0 Å². The van der Waals surface area contributed by atoms with E-state index in [1.807, 2.05) is 12.1 Å². The highest BCUT2D eigenvalue weighted by molar-refractivity contribution is 5.44. The van der Waals surface area contributed by atoms with Crippen molar-refractivity contribution in [3.05, 3.63) is 77.4 Å². The second-order valence-electron chi connectivity index (χ2n) is 5.48. The first-order valence-electron chi connectivity index (χ1n) is 8.04. The van der Waals surface area contributed by atoms with Crippen molar-refractivity contribution >= 4 is 0 Å². The molecule has 0 bridgehead atoms. The zero-order valence-electron chi connectivity index (χ0n) is 13.9. The monoisotopic (exact) mass is 344 g/mol. The van der Waals surface area contributed by atoms with E-state index in [1.54, 1.807) is 24.3 Å². The van der Waals surface area contributed by atoms with Crippen LogP contribution < -0.4 is 4.74 Å². The van der Waals surface area contributed by atoms with Crippen LogP contribution in [0.5, 0.6) is 5.75 Å². The third kappa shape index (κ3) is 7.17. The van der Waals surface area contributed by atoms with E-state index in [2.05, 4.69) is 30.9 Å². The van der Waals surface area contributed by atoms with E-state index in [4.69, 9.17) is 4.74 Å². The predicted octanol–water partition coefficient (Wildman–Crippen LogP) is 5.54. The largest absolute Gasteiger partial charge is 0.490 e. The summed E-state index contributed by atoms with van der Waals surface area (Å²) >= 11 is 0. The third-order valence-corrected chi connectivity index (χ3v) is 3.35. The lowest BCUT2D eigenvalue weighted by molar-refractivity contribution is -0.0801. The average Bonchev–Trinajstić information content (AvgIpc) is 2.59. The molecule has 0 spiro atoms. The maximum Gasteiger partial charge on any atom is 0.409 e. The Kier molecular flexibility index (Phi) is 6.71. The summed E-state index contributed by atoms with van der Waals surface area (Å²) in [4.78, 5) is 0. The molecule has 2 aromatic rings. The first kappa shape index (κ1) is 18.7. The van der Waals surface area contributed by atoms with Gasteiger partial charge in [-0.05, 0) is 54.5 Å². The standard InChI is InChI=1S/C21H19F3O/c1-2-4-17-5-7-18(8-6-17)9-10-19-11-13-20(14-12-19)25-16-3-15-21(22,23)24/h3,5-8,11-15H,2,4,16H2,1H3. The van der Waals surface area contributed by atoms with Crippen molar-refractivity contribution in [2.75, 3.05) is 6.61 Å². The van der Waals surface area contributed by atoms with Crippen LogP contribution >= 0.6 is 0 Å². The lowest BCUT2D eigenvalue weighted by Gasteiger charge is -2.03. The number of alkyl halides is 3. The minimum Gasteiger partial charge on any atom is -0.490 e. The molecule has 0 heterocycles. The Hall–Kier alpha value is -2.67. The summed E-state index contributed by atoms with van der Waals surface area (Å²) in [5.74, 6) is 6.65. The SMILES string of the molecule is CCCc1ccc(C#Cc2ccc(OCC=CC(F)(F)F)cc2)cc1. The highest BCUT2D eigenvalue weighted by atomic mass is 19.4. The van der Waals surface area contributed by atoms with E-state index in [1.165, 1.54) is 5.56 Å². The van der Waals surface area contributed by atoms with Gasteiger partial charge in [0.25, 0.3) is 0 Å². The first-order chi connectivity index (χ1) is 12.0. The summed E-state index contributed by atoms with van der Waals surface area (Å²) in [5, 5.41) is 0. The van der Waals surface area contributed by atoms with Gasteiger partial charge in [-0.25, -0.2) is 0 Å². The number of benzene rings is 2. The second-order valence-corrected chi connectivity index (χ2v) is 5.48. The van der Waals surface area contributed by atoms with Crippen molar-refractivity contribution in [2.45, 2.75) is 25.9 Å². The summed E-state index contributed by atoms with van der Waals surface area (Å²) in [6.07, 6.45) is -1.02. The fourth-order valence-corrected chi connectivity index (χ4v) is 2.15. The van der Waals surface area contributed by atoms with Gasteiger partial charge in [-0.2, -0.15) is 13.2 Å². The number of hydrogen-bond acceptors (Lipinski definition) is 1. The van der Waals surface area contributed by atoms with E-state index in [-0.39, 0.29) is 12.7 Å². The highest BCUT2D eigenvalue weighted by Crippen LogP contribution is 2.16. The van der Waals surface area contributed by atoms with Gasteiger partial charge >= 0.3 is 6.18 Å².